The van der Waals surface area contributed by atoms with Crippen LogP contribution in [0.4, 0.5) is 43.9 Å². The van der Waals surface area contributed by atoms with Crippen LogP contribution in [-0.4, -0.2) is 10.1 Å². The molecular weight excluding hydrogens is 436 g/mol. The molecule has 0 radical (unpaired) electrons. The van der Waals surface area contributed by atoms with E-state index >= 15 is 0 Å². The molecule has 0 aliphatic carbocycles. The highest BCUT2D eigenvalue weighted by atomic mass is 19.2. The SMILES string of the molecule is OCc1ccnc(-c2c(F)c(F)c(F)c(F)c2F)c1-c1c(F)c(F)c(F)c(F)c1F. The van der Waals surface area contributed by atoms with Gasteiger partial charge in [-0.2, -0.15) is 0 Å². The molecule has 2 nitrogen and oxygen atoms in total. The van der Waals surface area contributed by atoms with Gasteiger partial charge in [0.05, 0.1) is 23.4 Å². The molecule has 0 saturated carbocycles. The van der Waals surface area contributed by atoms with Crippen molar-refractivity contribution in [2.45, 2.75) is 6.61 Å². The van der Waals surface area contributed by atoms with Gasteiger partial charge in [0.15, 0.2) is 46.5 Å². The topological polar surface area (TPSA) is 33.1 Å². The van der Waals surface area contributed by atoms with Crippen LogP contribution in [0.15, 0.2) is 12.3 Å². The van der Waals surface area contributed by atoms with E-state index in [-0.39, 0.29) is 0 Å². The van der Waals surface area contributed by atoms with Crippen LogP contribution >= 0.6 is 0 Å². The maximum atomic E-state index is 14.3. The number of aromatic nitrogens is 1. The number of benzene rings is 2. The van der Waals surface area contributed by atoms with Crippen molar-refractivity contribution in [3.8, 4) is 22.4 Å². The van der Waals surface area contributed by atoms with Crippen LogP contribution in [-0.2, 0) is 6.61 Å². The third-order valence-corrected chi connectivity index (χ3v) is 4.11. The molecule has 0 saturated heterocycles. The highest BCUT2D eigenvalue weighted by Gasteiger charge is 2.33. The maximum Gasteiger partial charge on any atom is 0.200 e. The summed E-state index contributed by atoms with van der Waals surface area (Å²) in [5, 5.41) is 9.39. The van der Waals surface area contributed by atoms with Crippen molar-refractivity contribution in [3.63, 3.8) is 0 Å². The lowest BCUT2D eigenvalue weighted by Crippen LogP contribution is -2.10. The second-order valence-electron chi connectivity index (χ2n) is 5.74. The first-order valence-corrected chi connectivity index (χ1v) is 7.66. The lowest BCUT2D eigenvalue weighted by molar-refractivity contribution is 0.282. The molecule has 0 amide bonds. The minimum Gasteiger partial charge on any atom is -0.392 e. The lowest BCUT2D eigenvalue weighted by Gasteiger charge is -2.17. The molecule has 158 valence electrons. The van der Waals surface area contributed by atoms with Crippen molar-refractivity contribution < 1.29 is 49.0 Å². The van der Waals surface area contributed by atoms with Crippen molar-refractivity contribution in [2.24, 2.45) is 0 Å². The smallest absolute Gasteiger partial charge is 0.200 e. The number of halogens is 10. The van der Waals surface area contributed by atoms with Crippen molar-refractivity contribution in [2.75, 3.05) is 0 Å². The summed E-state index contributed by atoms with van der Waals surface area (Å²) in [4.78, 5) is 3.31. The van der Waals surface area contributed by atoms with Crippen LogP contribution in [0, 0.1) is 58.2 Å². The van der Waals surface area contributed by atoms with Crippen LogP contribution in [0.25, 0.3) is 22.4 Å². The fraction of sp³-hybridized carbons (Fsp3) is 0.0556. The van der Waals surface area contributed by atoms with E-state index < -0.39 is 92.7 Å². The standard InChI is InChI=1S/C18H5F10NO/c19-8-6(9(20)13(24)16(27)12(8)23)5-4(3-30)1-2-29-18(5)7-10(21)14(25)17(28)15(26)11(7)22/h1-2,30H,3H2. The van der Waals surface area contributed by atoms with E-state index in [2.05, 4.69) is 4.98 Å². The largest absolute Gasteiger partial charge is 0.392 e. The molecule has 1 N–H and O–H groups in total. The van der Waals surface area contributed by atoms with Crippen LogP contribution < -0.4 is 0 Å². The van der Waals surface area contributed by atoms with Crippen LogP contribution in [0.2, 0.25) is 0 Å². The summed E-state index contributed by atoms with van der Waals surface area (Å²) in [6.45, 7) is -1.18. The van der Waals surface area contributed by atoms with Crippen molar-refractivity contribution in [1.82, 2.24) is 4.98 Å². The van der Waals surface area contributed by atoms with Gasteiger partial charge in [-0.1, -0.05) is 0 Å². The molecule has 2 aromatic carbocycles. The third-order valence-electron chi connectivity index (χ3n) is 4.11. The molecule has 0 fully saturated rings. The Morgan fingerprint density at radius 2 is 0.900 bits per heavy atom. The summed E-state index contributed by atoms with van der Waals surface area (Å²) in [6.07, 6.45) is 0.661. The fourth-order valence-corrected chi connectivity index (χ4v) is 2.74. The van der Waals surface area contributed by atoms with E-state index in [9.17, 15) is 49.0 Å². The maximum absolute atomic E-state index is 14.3. The number of aliphatic hydroxyl groups is 1. The van der Waals surface area contributed by atoms with E-state index in [1.807, 2.05) is 0 Å². The van der Waals surface area contributed by atoms with Gasteiger partial charge in [0, 0.05) is 11.8 Å². The molecule has 3 aromatic rings. The Morgan fingerprint density at radius 1 is 0.533 bits per heavy atom. The molecule has 1 heterocycles. The molecule has 0 unspecified atom stereocenters. The van der Waals surface area contributed by atoms with Crippen LogP contribution in [0.3, 0.4) is 0 Å². The summed E-state index contributed by atoms with van der Waals surface area (Å²) in [7, 11) is 0. The zero-order valence-corrected chi connectivity index (χ0v) is 14.0. The Balaban J connectivity index is 2.55. The summed E-state index contributed by atoms with van der Waals surface area (Å²) in [6, 6.07) is 0.781. The van der Waals surface area contributed by atoms with Gasteiger partial charge in [0.1, 0.15) is 0 Å². The monoisotopic (exact) mass is 441 g/mol. The molecule has 0 spiro atoms. The Bertz CT molecular complexity index is 1140. The molecule has 3 rings (SSSR count). The van der Waals surface area contributed by atoms with Gasteiger partial charge < -0.3 is 5.11 Å². The van der Waals surface area contributed by atoms with Gasteiger partial charge in [-0.3, -0.25) is 4.98 Å². The number of hydrogen-bond donors (Lipinski definition) is 1. The highest BCUT2D eigenvalue weighted by molar-refractivity contribution is 5.84. The van der Waals surface area contributed by atoms with Gasteiger partial charge in [-0.05, 0) is 11.6 Å². The van der Waals surface area contributed by atoms with E-state index in [1.165, 1.54) is 0 Å². The first kappa shape index (κ1) is 21.6. The summed E-state index contributed by atoms with van der Waals surface area (Å²) in [5.74, 6) is -24.8. The van der Waals surface area contributed by atoms with Gasteiger partial charge in [-0.25, -0.2) is 43.9 Å². The molecule has 0 aliphatic heterocycles. The molecule has 30 heavy (non-hydrogen) atoms. The minimum absolute atomic E-state index is 0.661. The number of hydrogen-bond acceptors (Lipinski definition) is 2. The first-order chi connectivity index (χ1) is 14.0. The summed E-state index contributed by atoms with van der Waals surface area (Å²) < 4.78 is 138. The molecule has 1 aromatic heterocycles. The number of pyridine rings is 1. The van der Waals surface area contributed by atoms with E-state index in [1.54, 1.807) is 0 Å². The normalized spacial score (nSPS) is 11.3. The summed E-state index contributed by atoms with van der Waals surface area (Å²) >= 11 is 0. The van der Waals surface area contributed by atoms with Crippen molar-refractivity contribution in [1.29, 1.82) is 0 Å². The quantitative estimate of drug-likeness (QED) is 0.340. The van der Waals surface area contributed by atoms with Crippen LogP contribution in [0.5, 0.6) is 0 Å². The Kier molecular flexibility index (Phi) is 5.46. The van der Waals surface area contributed by atoms with E-state index in [4.69, 9.17) is 0 Å². The van der Waals surface area contributed by atoms with Gasteiger partial charge in [0.2, 0.25) is 11.6 Å². The first-order valence-electron chi connectivity index (χ1n) is 7.66. The number of aliphatic hydroxyl groups excluding tert-OH is 1. The zero-order chi connectivity index (χ0) is 22.5. The zero-order valence-electron chi connectivity index (χ0n) is 14.0. The number of nitrogens with zero attached hydrogens (tertiary/aromatic N) is 1. The van der Waals surface area contributed by atoms with Gasteiger partial charge >= 0.3 is 0 Å². The molecule has 0 bridgehead atoms. The summed E-state index contributed by atoms with van der Waals surface area (Å²) in [5.41, 5.74) is -6.84. The lowest BCUT2D eigenvalue weighted by atomic mass is 9.93. The Morgan fingerprint density at radius 3 is 1.30 bits per heavy atom. The molecule has 0 aliphatic rings. The third kappa shape index (κ3) is 2.98. The van der Waals surface area contributed by atoms with Crippen LogP contribution in [0.1, 0.15) is 5.56 Å². The second-order valence-corrected chi connectivity index (χ2v) is 5.74. The van der Waals surface area contributed by atoms with Crippen molar-refractivity contribution >= 4 is 0 Å². The van der Waals surface area contributed by atoms with E-state index in [0.717, 1.165) is 6.07 Å². The Hall–Kier alpha value is -3.15. The number of rotatable bonds is 3. The average Bonchev–Trinajstić information content (AvgIpc) is 2.74. The predicted octanol–water partition coefficient (Wildman–Crippen LogP) is 5.30. The molecular formula is C18H5F10NO. The highest BCUT2D eigenvalue weighted by Crippen LogP contribution is 2.41. The second kappa shape index (κ2) is 7.59. The fourth-order valence-electron chi connectivity index (χ4n) is 2.74. The van der Waals surface area contributed by atoms with Gasteiger partial charge in [-0.15, -0.1) is 0 Å². The van der Waals surface area contributed by atoms with Crippen molar-refractivity contribution in [3.05, 3.63) is 76.0 Å². The van der Waals surface area contributed by atoms with E-state index in [0.29, 0.717) is 6.20 Å². The predicted molar refractivity (Wildman–Crippen MR) is 80.6 cm³/mol. The minimum atomic E-state index is -2.55. The average molecular weight is 441 g/mol. The van der Waals surface area contributed by atoms with Gasteiger partial charge in [0.25, 0.3) is 0 Å². The Labute approximate surface area is 160 Å². The molecule has 0 atom stereocenters. The molecule has 12 heteroatoms.